The van der Waals surface area contributed by atoms with Crippen LogP contribution in [0.25, 0.3) is 11.2 Å². The highest BCUT2D eigenvalue weighted by Gasteiger charge is 2.30. The first-order valence-corrected chi connectivity index (χ1v) is 12.6. The Morgan fingerprint density at radius 3 is 2.61 bits per heavy atom. The average molecular weight is 520 g/mol. The molecule has 2 atom stereocenters. The number of fused-ring (bicyclic) bond motifs is 1. The van der Waals surface area contributed by atoms with Crippen molar-refractivity contribution in [3.8, 4) is 0 Å². The molecule has 2 aromatic heterocycles. The van der Waals surface area contributed by atoms with Crippen LogP contribution in [0.15, 0.2) is 18.3 Å². The number of nitrogens with zero attached hydrogens (tertiary/aromatic N) is 4. The normalized spacial score (nSPS) is 24.6. The van der Waals surface area contributed by atoms with E-state index in [9.17, 15) is 18.7 Å². The summed E-state index contributed by atoms with van der Waals surface area (Å²) in [7, 11) is 0. The molecule has 0 radical (unpaired) electrons. The second kappa shape index (κ2) is 10.1. The van der Waals surface area contributed by atoms with E-state index in [2.05, 4.69) is 20.6 Å². The Labute approximate surface area is 211 Å². The molecule has 2 saturated carbocycles. The molecule has 0 bridgehead atoms. The minimum absolute atomic E-state index is 0.0531. The van der Waals surface area contributed by atoms with Gasteiger partial charge in [-0.3, -0.25) is 9.36 Å². The van der Waals surface area contributed by atoms with Gasteiger partial charge in [-0.1, -0.05) is 11.6 Å². The predicted molar refractivity (Wildman–Crippen MR) is 132 cm³/mol. The minimum atomic E-state index is -0.758. The number of nitrogens with two attached hydrogens (primary N) is 1. The molecule has 12 heteroatoms. The van der Waals surface area contributed by atoms with Crippen LogP contribution in [0.1, 0.15) is 57.4 Å². The van der Waals surface area contributed by atoms with Gasteiger partial charge >= 0.3 is 0 Å². The van der Waals surface area contributed by atoms with Crippen LogP contribution >= 0.6 is 11.6 Å². The Balaban J connectivity index is 1.51. The van der Waals surface area contributed by atoms with Gasteiger partial charge in [0.05, 0.1) is 23.0 Å². The molecule has 3 aromatic rings. The van der Waals surface area contributed by atoms with Crippen molar-refractivity contribution in [3.05, 3.63) is 35.0 Å². The lowest BCUT2D eigenvalue weighted by Gasteiger charge is -2.29. The smallest absolute Gasteiger partial charge is 0.224 e. The van der Waals surface area contributed by atoms with E-state index >= 15 is 0 Å². The number of nitrogens with one attached hydrogen (secondary N) is 2. The number of hydrogen-bond donors (Lipinski definition) is 4. The molecule has 1 aromatic carbocycles. The third kappa shape index (κ3) is 5.08. The summed E-state index contributed by atoms with van der Waals surface area (Å²) in [5.41, 5.74) is 6.42. The summed E-state index contributed by atoms with van der Waals surface area (Å²) < 4.78 is 30.5. The number of carbonyl (C=O) groups excluding carboxylic acids is 1. The number of amides is 1. The summed E-state index contributed by atoms with van der Waals surface area (Å²) in [5.74, 6) is -1.30. The summed E-state index contributed by atoms with van der Waals surface area (Å²) in [5, 5.41) is 15.9. The maximum absolute atomic E-state index is 14.6. The SMILES string of the molecule is NC(=O)[C@H]1CC[C@H](n2c(Nc3cc(F)c(Cl)cc3F)nc3cnc(N[C@@H]4CCC[C@H](O)C4)nc32)CC1. The maximum Gasteiger partial charge on any atom is 0.224 e. The van der Waals surface area contributed by atoms with Gasteiger partial charge in [-0.25, -0.2) is 18.7 Å². The molecular formula is C24H28ClF2N7O2. The molecule has 2 aliphatic carbocycles. The van der Waals surface area contributed by atoms with Crippen molar-refractivity contribution in [2.45, 2.75) is 69.6 Å². The van der Waals surface area contributed by atoms with E-state index in [1.54, 1.807) is 6.20 Å². The van der Waals surface area contributed by atoms with Gasteiger partial charge < -0.3 is 21.5 Å². The van der Waals surface area contributed by atoms with Gasteiger partial charge in [-0.05, 0) is 57.4 Å². The molecule has 0 unspecified atom stereocenters. The lowest BCUT2D eigenvalue weighted by atomic mass is 9.85. The molecule has 2 heterocycles. The maximum atomic E-state index is 14.6. The highest BCUT2D eigenvalue weighted by atomic mass is 35.5. The molecule has 9 nitrogen and oxygen atoms in total. The zero-order chi connectivity index (χ0) is 25.4. The first-order chi connectivity index (χ1) is 17.3. The molecular weight excluding hydrogens is 492 g/mol. The number of halogens is 3. The monoisotopic (exact) mass is 519 g/mol. The van der Waals surface area contributed by atoms with Crippen LogP contribution in [0.3, 0.4) is 0 Å². The predicted octanol–water partition coefficient (Wildman–Crippen LogP) is 4.43. The largest absolute Gasteiger partial charge is 0.393 e. The second-order valence-corrected chi connectivity index (χ2v) is 10.1. The van der Waals surface area contributed by atoms with Gasteiger partial charge in [0.2, 0.25) is 17.8 Å². The number of primary amides is 1. The minimum Gasteiger partial charge on any atom is -0.393 e. The Morgan fingerprint density at radius 2 is 1.89 bits per heavy atom. The number of hydrogen-bond acceptors (Lipinski definition) is 7. The lowest BCUT2D eigenvalue weighted by molar-refractivity contribution is -0.122. The molecule has 192 valence electrons. The van der Waals surface area contributed by atoms with Crippen LogP contribution in [-0.2, 0) is 4.79 Å². The van der Waals surface area contributed by atoms with Crippen molar-refractivity contribution in [1.82, 2.24) is 19.5 Å². The summed E-state index contributed by atoms with van der Waals surface area (Å²) >= 11 is 5.71. The fourth-order valence-corrected chi connectivity index (χ4v) is 5.38. The van der Waals surface area contributed by atoms with Crippen molar-refractivity contribution < 1.29 is 18.7 Å². The molecule has 36 heavy (non-hydrogen) atoms. The molecule has 0 saturated heterocycles. The van der Waals surface area contributed by atoms with Gasteiger partial charge in [0, 0.05) is 24.1 Å². The first kappa shape index (κ1) is 24.6. The molecule has 5 rings (SSSR count). The van der Waals surface area contributed by atoms with Crippen molar-refractivity contribution >= 4 is 46.3 Å². The standard InChI is InChI=1S/C24H28ClF2N7O2/c25-16-9-18(27)19(10-17(16)26)31-24-32-20-11-29-23(30-13-2-1-3-15(35)8-13)33-22(20)34(24)14-6-4-12(5-7-14)21(28)36/h9-15,35H,1-8H2,(H2,28,36)(H,31,32)(H,29,30,33)/t12-,13-,14-,15+/m1/s1. The Kier molecular flexibility index (Phi) is 6.94. The molecule has 2 fully saturated rings. The van der Waals surface area contributed by atoms with Crippen molar-refractivity contribution in [2.75, 3.05) is 10.6 Å². The van der Waals surface area contributed by atoms with Crippen LogP contribution in [-0.4, -0.2) is 42.7 Å². The number of imidazole rings is 1. The molecule has 5 N–H and O–H groups in total. The Bertz CT molecular complexity index is 1280. The van der Waals surface area contributed by atoms with E-state index in [1.165, 1.54) is 0 Å². The van der Waals surface area contributed by atoms with E-state index in [0.29, 0.717) is 49.2 Å². The highest BCUT2D eigenvalue weighted by Crippen LogP contribution is 2.37. The Hall–Kier alpha value is -3.05. The van der Waals surface area contributed by atoms with E-state index in [1.807, 2.05) is 4.57 Å². The van der Waals surface area contributed by atoms with Crippen LogP contribution < -0.4 is 16.4 Å². The number of aliphatic hydroxyl groups excluding tert-OH is 1. The fourth-order valence-electron chi connectivity index (χ4n) is 5.23. The fraction of sp³-hybridized carbons (Fsp3) is 0.500. The highest BCUT2D eigenvalue weighted by molar-refractivity contribution is 6.30. The summed E-state index contributed by atoms with van der Waals surface area (Å²) in [4.78, 5) is 25.4. The van der Waals surface area contributed by atoms with Crippen molar-refractivity contribution in [2.24, 2.45) is 11.7 Å². The third-order valence-corrected chi connectivity index (χ3v) is 7.42. The van der Waals surface area contributed by atoms with E-state index in [4.69, 9.17) is 22.3 Å². The van der Waals surface area contributed by atoms with Gasteiger partial charge in [0.15, 0.2) is 5.65 Å². The number of benzene rings is 1. The first-order valence-electron chi connectivity index (χ1n) is 12.2. The average Bonchev–Trinajstić information content (AvgIpc) is 3.19. The number of aromatic nitrogens is 4. The third-order valence-electron chi connectivity index (χ3n) is 7.13. The summed E-state index contributed by atoms with van der Waals surface area (Å²) in [6.07, 6.45) is 6.97. The zero-order valence-electron chi connectivity index (χ0n) is 19.6. The molecule has 1 amide bonds. The van der Waals surface area contributed by atoms with Crippen LogP contribution in [0, 0.1) is 17.6 Å². The molecule has 0 spiro atoms. The van der Waals surface area contributed by atoms with Crippen LogP contribution in [0.2, 0.25) is 5.02 Å². The Morgan fingerprint density at radius 1 is 1.11 bits per heavy atom. The number of carbonyl (C=O) groups is 1. The number of aliphatic hydroxyl groups is 1. The number of rotatable bonds is 6. The van der Waals surface area contributed by atoms with Gasteiger partial charge in [0.1, 0.15) is 17.2 Å². The zero-order valence-corrected chi connectivity index (χ0v) is 20.3. The van der Waals surface area contributed by atoms with Gasteiger partial charge in [-0.15, -0.1) is 0 Å². The lowest BCUT2D eigenvalue weighted by Crippen LogP contribution is -2.30. The van der Waals surface area contributed by atoms with Gasteiger partial charge in [0.25, 0.3) is 0 Å². The van der Waals surface area contributed by atoms with Crippen LogP contribution in [0.5, 0.6) is 0 Å². The van der Waals surface area contributed by atoms with E-state index in [-0.39, 0.29) is 46.7 Å². The number of anilines is 3. The van der Waals surface area contributed by atoms with E-state index in [0.717, 1.165) is 31.4 Å². The molecule has 0 aliphatic heterocycles. The van der Waals surface area contributed by atoms with Crippen LogP contribution in [0.4, 0.5) is 26.4 Å². The molecule has 2 aliphatic rings. The topological polar surface area (TPSA) is 131 Å². The van der Waals surface area contributed by atoms with E-state index < -0.39 is 11.6 Å². The van der Waals surface area contributed by atoms with Gasteiger partial charge in [-0.2, -0.15) is 4.98 Å². The quantitative estimate of drug-likeness (QED) is 0.354. The van der Waals surface area contributed by atoms with Crippen molar-refractivity contribution in [1.29, 1.82) is 0 Å². The van der Waals surface area contributed by atoms with Crippen molar-refractivity contribution in [3.63, 3.8) is 0 Å². The second-order valence-electron chi connectivity index (χ2n) is 9.65. The summed E-state index contributed by atoms with van der Waals surface area (Å²) in [6, 6.07) is 1.85. The summed E-state index contributed by atoms with van der Waals surface area (Å²) in [6.45, 7) is 0.